The minimum Gasteiger partial charge on any atom is -0.481 e. The number of sulfonamides is 1. The van der Waals surface area contributed by atoms with Gasteiger partial charge in [-0.3, -0.25) is 4.79 Å². The van der Waals surface area contributed by atoms with Gasteiger partial charge in [-0.25, -0.2) is 13.4 Å². The van der Waals surface area contributed by atoms with Gasteiger partial charge < -0.3 is 10.0 Å². The van der Waals surface area contributed by atoms with E-state index in [1.165, 1.54) is 10.5 Å². The number of pyridine rings is 1. The molecule has 0 saturated carbocycles. The molecule has 7 nitrogen and oxygen atoms in total. The van der Waals surface area contributed by atoms with E-state index in [1.807, 2.05) is 4.90 Å². The summed E-state index contributed by atoms with van der Waals surface area (Å²) in [6, 6.07) is 3.20. The number of hydrogen-bond acceptors (Lipinski definition) is 5. The van der Waals surface area contributed by atoms with Crippen molar-refractivity contribution < 1.29 is 18.3 Å². The molecule has 1 aromatic heterocycles. The number of nitrogens with zero attached hydrogens (tertiary/aromatic N) is 3. The van der Waals surface area contributed by atoms with Gasteiger partial charge in [0.2, 0.25) is 10.0 Å². The summed E-state index contributed by atoms with van der Waals surface area (Å²) in [4.78, 5) is 17.0. The Kier molecular flexibility index (Phi) is 4.05. The van der Waals surface area contributed by atoms with E-state index < -0.39 is 16.0 Å². The van der Waals surface area contributed by atoms with Gasteiger partial charge >= 0.3 is 5.97 Å². The first-order chi connectivity index (χ1) is 10.5. The zero-order chi connectivity index (χ0) is 15.7. The van der Waals surface area contributed by atoms with E-state index in [4.69, 9.17) is 5.11 Å². The highest BCUT2D eigenvalue weighted by atomic mass is 32.2. The van der Waals surface area contributed by atoms with Crippen LogP contribution in [0.5, 0.6) is 0 Å². The predicted molar refractivity (Wildman–Crippen MR) is 80.2 cm³/mol. The van der Waals surface area contributed by atoms with E-state index in [0.29, 0.717) is 32.0 Å². The van der Waals surface area contributed by atoms with Crippen LogP contribution in [0.25, 0.3) is 0 Å². The molecule has 0 amide bonds. The Morgan fingerprint density at radius 2 is 1.86 bits per heavy atom. The van der Waals surface area contributed by atoms with Crippen LogP contribution in [0, 0.1) is 5.92 Å². The highest BCUT2D eigenvalue weighted by Crippen LogP contribution is 2.25. The van der Waals surface area contributed by atoms with Gasteiger partial charge in [0.05, 0.1) is 5.92 Å². The summed E-state index contributed by atoms with van der Waals surface area (Å²) in [6.45, 7) is 1.97. The molecule has 2 saturated heterocycles. The maximum atomic E-state index is 12.5. The summed E-state index contributed by atoms with van der Waals surface area (Å²) >= 11 is 0. The predicted octanol–water partition coefficient (Wildman–Crippen LogP) is 0.777. The van der Waals surface area contributed by atoms with Crippen molar-refractivity contribution in [2.45, 2.75) is 24.2 Å². The lowest BCUT2D eigenvalue weighted by Crippen LogP contribution is -2.50. The van der Waals surface area contributed by atoms with Gasteiger partial charge in [-0.2, -0.15) is 4.31 Å². The van der Waals surface area contributed by atoms with Gasteiger partial charge in [0, 0.05) is 32.4 Å². The number of carboxylic acids is 1. The molecular weight excluding hydrogens is 306 g/mol. The van der Waals surface area contributed by atoms with Crippen LogP contribution in [0.1, 0.15) is 19.3 Å². The highest BCUT2D eigenvalue weighted by molar-refractivity contribution is 7.89. The summed E-state index contributed by atoms with van der Waals surface area (Å²) in [5.41, 5.74) is 0. The lowest BCUT2D eigenvalue weighted by molar-refractivity contribution is -0.142. The van der Waals surface area contributed by atoms with E-state index in [0.717, 1.165) is 19.3 Å². The van der Waals surface area contributed by atoms with E-state index in [9.17, 15) is 13.2 Å². The first-order valence-electron chi connectivity index (χ1n) is 7.42. The second kappa shape index (κ2) is 5.85. The number of aliphatic carboxylic acids is 1. The minimum absolute atomic E-state index is 0.202. The van der Waals surface area contributed by atoms with Gasteiger partial charge in [-0.1, -0.05) is 6.42 Å². The maximum Gasteiger partial charge on any atom is 0.310 e. The number of carboxylic acid groups (broad SMARTS) is 1. The first-order valence-corrected chi connectivity index (χ1v) is 8.86. The number of aromatic nitrogens is 1. The number of rotatable bonds is 4. The third-order valence-corrected chi connectivity index (χ3v) is 6.11. The number of hydrogen-bond donors (Lipinski definition) is 1. The fourth-order valence-electron chi connectivity index (χ4n) is 2.79. The smallest absolute Gasteiger partial charge is 0.310 e. The van der Waals surface area contributed by atoms with Crippen LogP contribution in [-0.2, 0) is 14.8 Å². The van der Waals surface area contributed by atoms with E-state index in [1.54, 1.807) is 12.1 Å². The van der Waals surface area contributed by atoms with E-state index >= 15 is 0 Å². The van der Waals surface area contributed by atoms with Crippen molar-refractivity contribution in [3.8, 4) is 0 Å². The Morgan fingerprint density at radius 3 is 2.41 bits per heavy atom. The largest absolute Gasteiger partial charge is 0.481 e. The average Bonchev–Trinajstić information content (AvgIpc) is 2.47. The molecule has 2 aliphatic heterocycles. The highest BCUT2D eigenvalue weighted by Gasteiger charge is 2.33. The Balaban J connectivity index is 1.70. The summed E-state index contributed by atoms with van der Waals surface area (Å²) in [5.74, 6) is -0.547. The van der Waals surface area contributed by atoms with Gasteiger partial charge in [0.1, 0.15) is 10.7 Å². The SMILES string of the molecule is O=C(O)C1CN(c2ccc(S(=O)(=O)N3CCCCC3)cn2)C1. The monoisotopic (exact) mass is 325 g/mol. The minimum atomic E-state index is -3.46. The summed E-state index contributed by atoms with van der Waals surface area (Å²) in [7, 11) is -3.46. The lowest BCUT2D eigenvalue weighted by Gasteiger charge is -2.37. The van der Waals surface area contributed by atoms with Crippen LogP contribution >= 0.6 is 0 Å². The molecule has 0 aliphatic carbocycles. The molecule has 8 heteroatoms. The third kappa shape index (κ3) is 2.80. The fraction of sp³-hybridized carbons (Fsp3) is 0.571. The van der Waals surface area contributed by atoms with E-state index in [2.05, 4.69) is 4.98 Å². The molecule has 1 aromatic rings. The van der Waals surface area contributed by atoms with Crippen LogP contribution in [0.15, 0.2) is 23.2 Å². The van der Waals surface area contributed by atoms with Crippen LogP contribution in [-0.4, -0.2) is 55.0 Å². The molecule has 0 radical (unpaired) electrons. The molecule has 120 valence electrons. The molecule has 3 rings (SSSR count). The normalized spacial score (nSPS) is 20.6. The van der Waals surface area contributed by atoms with Gasteiger partial charge in [-0.15, -0.1) is 0 Å². The summed E-state index contributed by atoms with van der Waals surface area (Å²) in [6.07, 6.45) is 4.24. The first kappa shape index (κ1) is 15.2. The van der Waals surface area contributed by atoms with Crippen molar-refractivity contribution >= 4 is 21.8 Å². The van der Waals surface area contributed by atoms with Crippen molar-refractivity contribution in [1.29, 1.82) is 0 Å². The molecule has 2 fully saturated rings. The molecule has 22 heavy (non-hydrogen) atoms. The quantitative estimate of drug-likeness (QED) is 0.879. The van der Waals surface area contributed by atoms with Crippen LogP contribution in [0.4, 0.5) is 5.82 Å². The zero-order valence-electron chi connectivity index (χ0n) is 12.2. The second-order valence-electron chi connectivity index (χ2n) is 5.76. The lowest BCUT2D eigenvalue weighted by atomic mass is 10.0. The summed E-state index contributed by atoms with van der Waals surface area (Å²) in [5, 5.41) is 8.86. The van der Waals surface area contributed by atoms with Crippen LogP contribution in [0.2, 0.25) is 0 Å². The van der Waals surface area contributed by atoms with Gasteiger partial charge in [0.15, 0.2) is 0 Å². The number of piperidine rings is 1. The number of anilines is 1. The second-order valence-corrected chi connectivity index (χ2v) is 7.69. The molecule has 0 atom stereocenters. The summed E-state index contributed by atoms with van der Waals surface area (Å²) < 4.78 is 26.5. The Labute approximate surface area is 129 Å². The number of carbonyl (C=O) groups is 1. The Bertz CT molecular complexity index is 647. The van der Waals surface area contributed by atoms with Crippen LogP contribution < -0.4 is 4.90 Å². The standard InChI is InChI=1S/C14H19N3O4S/c18-14(19)11-9-16(10-11)13-5-4-12(8-15-13)22(20,21)17-6-2-1-3-7-17/h4-5,8,11H,1-3,6-7,9-10H2,(H,18,19). The molecule has 1 N–H and O–H groups in total. The van der Waals surface area contributed by atoms with Crippen molar-refractivity contribution in [2.75, 3.05) is 31.1 Å². The zero-order valence-corrected chi connectivity index (χ0v) is 13.0. The Morgan fingerprint density at radius 1 is 1.18 bits per heavy atom. The average molecular weight is 325 g/mol. The third-order valence-electron chi connectivity index (χ3n) is 4.23. The van der Waals surface area contributed by atoms with Crippen molar-refractivity contribution in [1.82, 2.24) is 9.29 Å². The topological polar surface area (TPSA) is 90.8 Å². The molecule has 0 unspecified atom stereocenters. The molecule has 0 spiro atoms. The molecular formula is C14H19N3O4S. The van der Waals surface area contributed by atoms with Gasteiger partial charge in [-0.05, 0) is 25.0 Å². The fourth-order valence-corrected chi connectivity index (χ4v) is 4.25. The van der Waals surface area contributed by atoms with E-state index in [-0.39, 0.29) is 10.8 Å². The molecule has 2 aliphatic rings. The van der Waals surface area contributed by atoms with Gasteiger partial charge in [0.25, 0.3) is 0 Å². The van der Waals surface area contributed by atoms with Crippen molar-refractivity contribution in [2.24, 2.45) is 5.92 Å². The molecule has 0 bridgehead atoms. The Hall–Kier alpha value is -1.67. The van der Waals surface area contributed by atoms with Crippen molar-refractivity contribution in [3.63, 3.8) is 0 Å². The molecule has 3 heterocycles. The van der Waals surface area contributed by atoms with Crippen molar-refractivity contribution in [3.05, 3.63) is 18.3 Å². The molecule has 0 aromatic carbocycles. The maximum absolute atomic E-state index is 12.5. The van der Waals surface area contributed by atoms with Crippen LogP contribution in [0.3, 0.4) is 0 Å².